The number of halogens is 1. The average Bonchev–Trinajstić information content (AvgIpc) is 2.51. The predicted molar refractivity (Wildman–Crippen MR) is 78.3 cm³/mol. The molecule has 1 aliphatic rings. The lowest BCUT2D eigenvalue weighted by molar-refractivity contribution is -0.906. The van der Waals surface area contributed by atoms with E-state index in [-0.39, 0.29) is 12.4 Å². The molecule has 0 aliphatic carbocycles. The van der Waals surface area contributed by atoms with Crippen molar-refractivity contribution in [3.8, 4) is 5.75 Å². The smallest absolute Gasteiger partial charge is 0.119 e. The summed E-state index contributed by atoms with van der Waals surface area (Å²) in [7, 11) is 1.71. The van der Waals surface area contributed by atoms with Crippen LogP contribution in [0.3, 0.4) is 0 Å². The van der Waals surface area contributed by atoms with Gasteiger partial charge in [-0.2, -0.15) is 0 Å². The second kappa shape index (κ2) is 9.84. The van der Waals surface area contributed by atoms with E-state index in [1.807, 2.05) is 36.3 Å². The number of morpholine rings is 1. The van der Waals surface area contributed by atoms with Gasteiger partial charge in [-0.3, -0.25) is 4.84 Å². The van der Waals surface area contributed by atoms with Crippen molar-refractivity contribution >= 4 is 5.69 Å². The minimum atomic E-state index is 0. The van der Waals surface area contributed by atoms with Crippen LogP contribution < -0.4 is 27.1 Å². The zero-order valence-corrected chi connectivity index (χ0v) is 13.6. The second-order valence-corrected chi connectivity index (χ2v) is 4.82. The number of hydrogen-bond acceptors (Lipinski definition) is 4. The molecule has 0 amide bonds. The van der Waals surface area contributed by atoms with Crippen molar-refractivity contribution in [2.24, 2.45) is 0 Å². The number of quaternary nitrogens is 1. The molecule has 0 aromatic heterocycles. The minimum Gasteiger partial charge on any atom is -1.00 e. The van der Waals surface area contributed by atoms with Crippen LogP contribution >= 0.6 is 0 Å². The summed E-state index contributed by atoms with van der Waals surface area (Å²) >= 11 is 0. The van der Waals surface area contributed by atoms with E-state index in [4.69, 9.17) is 14.3 Å². The molecule has 1 aromatic carbocycles. The summed E-state index contributed by atoms with van der Waals surface area (Å²) in [5.74, 6) is 0.895. The van der Waals surface area contributed by atoms with E-state index in [2.05, 4.69) is 0 Å². The summed E-state index contributed by atoms with van der Waals surface area (Å²) in [5.41, 5.74) is 1.06. The maximum absolute atomic E-state index is 5.48. The molecule has 0 spiro atoms. The summed E-state index contributed by atoms with van der Waals surface area (Å²) in [6, 6.07) is 8.02. The Morgan fingerprint density at radius 1 is 1.19 bits per heavy atom. The highest BCUT2D eigenvalue weighted by atomic mass is 35.5. The molecule has 6 heteroatoms. The predicted octanol–water partition coefficient (Wildman–Crippen LogP) is -2.63. The van der Waals surface area contributed by atoms with Crippen LogP contribution in [-0.4, -0.2) is 53.1 Å². The molecule has 1 aromatic rings. The number of hydroxylamine groups is 1. The number of anilines is 1. The van der Waals surface area contributed by atoms with Crippen molar-refractivity contribution in [2.45, 2.75) is 6.92 Å². The van der Waals surface area contributed by atoms with Gasteiger partial charge in [-0.15, -0.1) is 0 Å². The second-order valence-electron chi connectivity index (χ2n) is 4.82. The number of nitrogens with zero attached hydrogens (tertiary/aromatic N) is 1. The van der Waals surface area contributed by atoms with E-state index in [1.165, 1.54) is 0 Å². The van der Waals surface area contributed by atoms with Crippen LogP contribution in [0.25, 0.3) is 0 Å². The Kier molecular flexibility index (Phi) is 8.45. The zero-order chi connectivity index (χ0) is 14.2. The van der Waals surface area contributed by atoms with Gasteiger partial charge < -0.3 is 26.8 Å². The lowest BCUT2D eigenvalue weighted by Crippen LogP contribution is -3.14. The van der Waals surface area contributed by atoms with Crippen LogP contribution in [0.1, 0.15) is 6.92 Å². The van der Waals surface area contributed by atoms with Crippen LogP contribution in [-0.2, 0) is 9.57 Å². The molecule has 1 N–H and O–H groups in total. The van der Waals surface area contributed by atoms with Gasteiger partial charge in [0.15, 0.2) is 0 Å². The number of benzene rings is 1. The molecule has 0 radical (unpaired) electrons. The van der Waals surface area contributed by atoms with E-state index in [0.717, 1.165) is 50.8 Å². The zero-order valence-electron chi connectivity index (χ0n) is 12.8. The number of ether oxygens (including phenoxy) is 2. The minimum absolute atomic E-state index is 0. The van der Waals surface area contributed by atoms with Crippen molar-refractivity contribution in [3.05, 3.63) is 24.3 Å². The molecule has 0 saturated carbocycles. The van der Waals surface area contributed by atoms with Crippen molar-refractivity contribution < 1.29 is 31.6 Å². The maximum atomic E-state index is 5.48. The van der Waals surface area contributed by atoms with E-state index in [9.17, 15) is 0 Å². The monoisotopic (exact) mass is 316 g/mol. The molecule has 5 nitrogen and oxygen atoms in total. The number of nitrogens with one attached hydrogen (secondary N) is 1. The summed E-state index contributed by atoms with van der Waals surface area (Å²) in [6.45, 7) is 8.51. The lowest BCUT2D eigenvalue weighted by Gasteiger charge is -2.27. The molecule has 1 fully saturated rings. The van der Waals surface area contributed by atoms with Crippen LogP contribution in [0.15, 0.2) is 24.3 Å². The molecule has 21 heavy (non-hydrogen) atoms. The van der Waals surface area contributed by atoms with Gasteiger partial charge in [-0.1, -0.05) is 0 Å². The van der Waals surface area contributed by atoms with E-state index in [0.29, 0.717) is 6.61 Å². The number of rotatable bonds is 7. The quantitative estimate of drug-likeness (QED) is 0.559. The Labute approximate surface area is 133 Å². The summed E-state index contributed by atoms with van der Waals surface area (Å²) in [6.07, 6.45) is 0. The molecule has 1 heterocycles. The largest absolute Gasteiger partial charge is 1.00 e. The van der Waals surface area contributed by atoms with Crippen LogP contribution in [0, 0.1) is 0 Å². The molecule has 2 rings (SSSR count). The lowest BCUT2D eigenvalue weighted by atomic mass is 10.3. The summed E-state index contributed by atoms with van der Waals surface area (Å²) in [4.78, 5) is 7.05. The van der Waals surface area contributed by atoms with Crippen LogP contribution in [0.4, 0.5) is 5.69 Å². The Hall–Kier alpha value is -1.01. The van der Waals surface area contributed by atoms with E-state index >= 15 is 0 Å². The fourth-order valence-electron chi connectivity index (χ4n) is 2.37. The Bertz CT molecular complexity index is 383. The first kappa shape index (κ1) is 18.0. The summed E-state index contributed by atoms with van der Waals surface area (Å²) in [5, 5.41) is 1.93. The Balaban J connectivity index is 0.00000220. The molecule has 0 unspecified atom stereocenters. The Morgan fingerprint density at radius 2 is 1.86 bits per heavy atom. The van der Waals surface area contributed by atoms with Gasteiger partial charge in [0, 0.05) is 0 Å². The van der Waals surface area contributed by atoms with Gasteiger partial charge in [0.2, 0.25) is 0 Å². The van der Waals surface area contributed by atoms with Crippen molar-refractivity contribution in [2.75, 3.05) is 58.2 Å². The highest BCUT2D eigenvalue weighted by molar-refractivity contribution is 5.46. The summed E-state index contributed by atoms with van der Waals surface area (Å²) < 4.78 is 10.8. The first-order valence-electron chi connectivity index (χ1n) is 7.29. The standard InChI is InChI=1S/C15H24N2O3.ClH/c1-3-20-15-6-4-14(5-7-15)17(18-2)9-8-16-10-12-19-13-11-16;/h4-7H,3,8-13H2,1-2H3;1H. The van der Waals surface area contributed by atoms with Gasteiger partial charge in [-0.05, 0) is 31.2 Å². The van der Waals surface area contributed by atoms with E-state index < -0.39 is 0 Å². The average molecular weight is 317 g/mol. The molecule has 0 atom stereocenters. The van der Waals surface area contributed by atoms with Gasteiger partial charge in [0.1, 0.15) is 18.8 Å². The van der Waals surface area contributed by atoms with Gasteiger partial charge in [-0.25, -0.2) is 5.06 Å². The first-order valence-corrected chi connectivity index (χ1v) is 7.29. The van der Waals surface area contributed by atoms with Gasteiger partial charge in [0.05, 0.1) is 45.7 Å². The third-order valence-corrected chi connectivity index (χ3v) is 3.52. The molecule has 120 valence electrons. The highest BCUT2D eigenvalue weighted by Crippen LogP contribution is 2.19. The molecule has 1 saturated heterocycles. The SMILES string of the molecule is CCOc1ccc(N(CC[NH+]2CCOCC2)OC)cc1.[Cl-]. The van der Waals surface area contributed by atoms with Crippen molar-refractivity contribution in [1.29, 1.82) is 0 Å². The third-order valence-electron chi connectivity index (χ3n) is 3.52. The van der Waals surface area contributed by atoms with Gasteiger partial charge >= 0.3 is 0 Å². The number of hydrogen-bond donors (Lipinski definition) is 1. The van der Waals surface area contributed by atoms with Crippen LogP contribution in [0.2, 0.25) is 0 Å². The molecular weight excluding hydrogens is 292 g/mol. The van der Waals surface area contributed by atoms with Crippen molar-refractivity contribution in [3.63, 3.8) is 0 Å². The Morgan fingerprint density at radius 3 is 2.43 bits per heavy atom. The maximum Gasteiger partial charge on any atom is 0.119 e. The van der Waals surface area contributed by atoms with E-state index in [1.54, 1.807) is 12.0 Å². The normalized spacial score (nSPS) is 15.3. The fourth-order valence-corrected chi connectivity index (χ4v) is 2.37. The molecule has 1 aliphatic heterocycles. The molecular formula is C15H25ClN2O3. The van der Waals surface area contributed by atoms with Crippen LogP contribution in [0.5, 0.6) is 5.75 Å². The van der Waals surface area contributed by atoms with Crippen molar-refractivity contribution in [1.82, 2.24) is 0 Å². The van der Waals surface area contributed by atoms with Gasteiger partial charge in [0.25, 0.3) is 0 Å². The fraction of sp³-hybridized carbons (Fsp3) is 0.600. The third kappa shape index (κ3) is 5.71. The highest BCUT2D eigenvalue weighted by Gasteiger charge is 2.15. The topological polar surface area (TPSA) is 35.4 Å². The molecule has 0 bridgehead atoms. The first-order chi connectivity index (χ1) is 9.83.